The largest absolute Gasteiger partial charge is 0.484 e. The predicted molar refractivity (Wildman–Crippen MR) is 101 cm³/mol. The van der Waals surface area contributed by atoms with Gasteiger partial charge in [-0.2, -0.15) is 0 Å². The Balaban J connectivity index is 1.33. The van der Waals surface area contributed by atoms with Crippen LogP contribution >= 0.6 is 0 Å². The first-order chi connectivity index (χ1) is 12.7. The zero-order valence-electron chi connectivity index (χ0n) is 15.4. The number of ether oxygens (including phenoxy) is 1. The summed E-state index contributed by atoms with van der Waals surface area (Å²) in [6, 6.07) is 5.53. The molecule has 0 unspecified atom stereocenters. The molecule has 2 heterocycles. The summed E-state index contributed by atoms with van der Waals surface area (Å²) in [5.41, 5.74) is 1.89. The second-order valence-corrected chi connectivity index (χ2v) is 7.12. The van der Waals surface area contributed by atoms with E-state index < -0.39 is 0 Å². The van der Waals surface area contributed by atoms with Gasteiger partial charge in [-0.15, -0.1) is 0 Å². The van der Waals surface area contributed by atoms with Crippen LogP contribution in [0.1, 0.15) is 44.1 Å². The van der Waals surface area contributed by atoms with Crippen LogP contribution in [0.2, 0.25) is 0 Å². The average molecular weight is 359 g/mol. The lowest BCUT2D eigenvalue weighted by Crippen LogP contribution is -2.33. The molecule has 0 spiro atoms. The van der Waals surface area contributed by atoms with Crippen molar-refractivity contribution in [1.29, 1.82) is 0 Å². The number of amides is 2. The third kappa shape index (κ3) is 5.73. The van der Waals surface area contributed by atoms with Gasteiger partial charge < -0.3 is 20.3 Å². The standard InChI is InChI=1S/C20H29N3O3/c24-19-9-6-16-14-17(7-8-18(16)22-19)26-15-20(25)21-10-5-13-23-11-3-1-2-4-12-23/h7-8,14H,1-6,9-13,15H2,(H,21,25)(H,22,24). The summed E-state index contributed by atoms with van der Waals surface area (Å²) in [6.07, 6.45) is 7.47. The Morgan fingerprint density at radius 2 is 1.96 bits per heavy atom. The van der Waals surface area contributed by atoms with Gasteiger partial charge in [0.1, 0.15) is 5.75 Å². The van der Waals surface area contributed by atoms with Crippen LogP contribution in [0.25, 0.3) is 0 Å². The molecule has 0 bridgehead atoms. The normalized spacial score (nSPS) is 17.8. The summed E-state index contributed by atoms with van der Waals surface area (Å²) < 4.78 is 5.59. The highest BCUT2D eigenvalue weighted by Gasteiger charge is 2.15. The Bertz CT molecular complexity index is 625. The number of aryl methyl sites for hydroxylation is 1. The Morgan fingerprint density at radius 1 is 1.15 bits per heavy atom. The van der Waals surface area contributed by atoms with Crippen molar-refractivity contribution in [3.63, 3.8) is 0 Å². The van der Waals surface area contributed by atoms with Crippen LogP contribution in [0, 0.1) is 0 Å². The summed E-state index contributed by atoms with van der Waals surface area (Å²) in [7, 11) is 0. The van der Waals surface area contributed by atoms with Gasteiger partial charge in [0.25, 0.3) is 5.91 Å². The van der Waals surface area contributed by atoms with E-state index in [9.17, 15) is 9.59 Å². The molecule has 3 rings (SSSR count). The molecule has 0 aromatic heterocycles. The van der Waals surface area contributed by atoms with E-state index in [0.29, 0.717) is 25.1 Å². The van der Waals surface area contributed by atoms with Gasteiger partial charge in [-0.25, -0.2) is 0 Å². The van der Waals surface area contributed by atoms with Crippen LogP contribution in [0.5, 0.6) is 5.75 Å². The number of nitrogens with one attached hydrogen (secondary N) is 2. The molecule has 1 saturated heterocycles. The van der Waals surface area contributed by atoms with E-state index in [1.165, 1.54) is 38.8 Å². The van der Waals surface area contributed by atoms with Crippen molar-refractivity contribution in [3.05, 3.63) is 23.8 Å². The Hall–Kier alpha value is -2.08. The molecule has 2 aliphatic rings. The fourth-order valence-corrected chi connectivity index (χ4v) is 3.54. The zero-order valence-corrected chi connectivity index (χ0v) is 15.4. The quantitative estimate of drug-likeness (QED) is 0.733. The van der Waals surface area contributed by atoms with E-state index in [1.54, 1.807) is 6.07 Å². The molecule has 1 aromatic carbocycles. The highest BCUT2D eigenvalue weighted by molar-refractivity contribution is 5.94. The van der Waals surface area contributed by atoms with Gasteiger partial charge >= 0.3 is 0 Å². The minimum Gasteiger partial charge on any atom is -0.484 e. The highest BCUT2D eigenvalue weighted by atomic mass is 16.5. The third-order valence-corrected chi connectivity index (χ3v) is 5.01. The highest BCUT2D eigenvalue weighted by Crippen LogP contribution is 2.26. The summed E-state index contributed by atoms with van der Waals surface area (Å²) in [5.74, 6) is 0.622. The maximum Gasteiger partial charge on any atom is 0.257 e. The zero-order chi connectivity index (χ0) is 18.2. The van der Waals surface area contributed by atoms with E-state index in [2.05, 4.69) is 15.5 Å². The van der Waals surface area contributed by atoms with E-state index in [-0.39, 0.29) is 18.4 Å². The molecule has 1 fully saturated rings. The van der Waals surface area contributed by atoms with Gasteiger partial charge in [0.05, 0.1) is 0 Å². The lowest BCUT2D eigenvalue weighted by atomic mass is 10.0. The van der Waals surface area contributed by atoms with Gasteiger partial charge in [-0.05, 0) is 69.1 Å². The monoisotopic (exact) mass is 359 g/mol. The lowest BCUT2D eigenvalue weighted by molar-refractivity contribution is -0.123. The lowest BCUT2D eigenvalue weighted by Gasteiger charge is -2.19. The smallest absolute Gasteiger partial charge is 0.257 e. The molecule has 142 valence electrons. The van der Waals surface area contributed by atoms with Crippen LogP contribution in [0.4, 0.5) is 5.69 Å². The first-order valence-electron chi connectivity index (χ1n) is 9.75. The second-order valence-electron chi connectivity index (χ2n) is 7.12. The molecule has 0 aliphatic carbocycles. The van der Waals surface area contributed by atoms with Crippen LogP contribution in [-0.2, 0) is 16.0 Å². The molecular weight excluding hydrogens is 330 g/mol. The number of rotatable bonds is 7. The number of fused-ring (bicyclic) bond motifs is 1. The number of hydrogen-bond acceptors (Lipinski definition) is 4. The molecule has 6 heteroatoms. The van der Waals surface area contributed by atoms with Gasteiger partial charge in [0, 0.05) is 18.7 Å². The van der Waals surface area contributed by atoms with Crippen LogP contribution < -0.4 is 15.4 Å². The number of likely N-dealkylation sites (tertiary alicyclic amines) is 1. The molecule has 1 aromatic rings. The summed E-state index contributed by atoms with van der Waals surface area (Å²) in [4.78, 5) is 25.8. The molecule has 26 heavy (non-hydrogen) atoms. The van der Waals surface area contributed by atoms with Gasteiger partial charge in [0.15, 0.2) is 6.61 Å². The maximum atomic E-state index is 11.9. The molecule has 0 atom stereocenters. The van der Waals surface area contributed by atoms with Crippen molar-refractivity contribution in [2.45, 2.75) is 44.9 Å². The molecule has 2 aliphatic heterocycles. The molecule has 0 saturated carbocycles. The van der Waals surface area contributed by atoms with Crippen molar-refractivity contribution in [3.8, 4) is 5.75 Å². The van der Waals surface area contributed by atoms with Crippen LogP contribution in [0.15, 0.2) is 18.2 Å². The summed E-state index contributed by atoms with van der Waals surface area (Å²) in [6.45, 7) is 4.15. The second kappa shape index (κ2) is 9.57. The topological polar surface area (TPSA) is 70.7 Å². The number of carbonyl (C=O) groups excluding carboxylic acids is 2. The molecular formula is C20H29N3O3. The van der Waals surface area contributed by atoms with E-state index in [4.69, 9.17) is 4.74 Å². The fourth-order valence-electron chi connectivity index (χ4n) is 3.54. The van der Waals surface area contributed by atoms with E-state index >= 15 is 0 Å². The number of carbonyl (C=O) groups is 2. The molecule has 2 amide bonds. The Labute approximate surface area is 155 Å². The van der Waals surface area contributed by atoms with E-state index in [0.717, 1.165) is 24.2 Å². The minimum atomic E-state index is -0.0908. The Morgan fingerprint density at radius 3 is 2.77 bits per heavy atom. The predicted octanol–water partition coefficient (Wildman–Crippen LogP) is 2.33. The van der Waals surface area contributed by atoms with E-state index in [1.807, 2.05) is 12.1 Å². The fraction of sp³-hybridized carbons (Fsp3) is 0.600. The van der Waals surface area contributed by atoms with Crippen LogP contribution in [0.3, 0.4) is 0 Å². The summed E-state index contributed by atoms with van der Waals surface area (Å²) in [5, 5.41) is 5.77. The van der Waals surface area contributed by atoms with Crippen molar-refractivity contribution in [2.75, 3.05) is 38.1 Å². The first-order valence-corrected chi connectivity index (χ1v) is 9.75. The number of hydrogen-bond donors (Lipinski definition) is 2. The first kappa shape index (κ1) is 18.7. The number of nitrogens with zero attached hydrogens (tertiary/aromatic N) is 1. The third-order valence-electron chi connectivity index (χ3n) is 5.01. The minimum absolute atomic E-state index is 0.0227. The van der Waals surface area contributed by atoms with Crippen molar-refractivity contribution in [1.82, 2.24) is 10.2 Å². The Kier molecular flexibility index (Phi) is 6.89. The number of benzene rings is 1. The molecule has 6 nitrogen and oxygen atoms in total. The average Bonchev–Trinajstić information content (AvgIpc) is 2.92. The maximum absolute atomic E-state index is 11.9. The number of anilines is 1. The van der Waals surface area contributed by atoms with Crippen molar-refractivity contribution in [2.24, 2.45) is 0 Å². The van der Waals surface area contributed by atoms with Gasteiger partial charge in [0.2, 0.25) is 5.91 Å². The molecule has 2 N–H and O–H groups in total. The van der Waals surface area contributed by atoms with Crippen molar-refractivity contribution < 1.29 is 14.3 Å². The van der Waals surface area contributed by atoms with Gasteiger partial charge in [-0.1, -0.05) is 12.8 Å². The van der Waals surface area contributed by atoms with Crippen LogP contribution in [-0.4, -0.2) is 49.5 Å². The molecule has 0 radical (unpaired) electrons. The van der Waals surface area contributed by atoms with Gasteiger partial charge in [-0.3, -0.25) is 9.59 Å². The van der Waals surface area contributed by atoms with Crippen molar-refractivity contribution >= 4 is 17.5 Å². The SMILES string of the molecule is O=C(COc1ccc2c(c1)CCC(=O)N2)NCCCN1CCCCCC1. The summed E-state index contributed by atoms with van der Waals surface area (Å²) >= 11 is 0.